The molecule has 9 heavy (non-hydrogen) atoms. The zero-order valence-corrected chi connectivity index (χ0v) is 6.13. The first-order valence-corrected chi connectivity index (χ1v) is 2.86. The van der Waals surface area contributed by atoms with E-state index in [0.29, 0.717) is 0 Å². The highest BCUT2D eigenvalue weighted by Crippen LogP contribution is 1.76. The normalized spacial score (nSPS) is 13.9. The van der Waals surface area contributed by atoms with Crippen LogP contribution in [0.25, 0.3) is 0 Å². The molecule has 0 rings (SSSR count). The summed E-state index contributed by atoms with van der Waals surface area (Å²) < 4.78 is 0. The van der Waals surface area contributed by atoms with E-state index in [1.807, 2.05) is 19.1 Å². The Hall–Kier alpha value is -0.920. The van der Waals surface area contributed by atoms with Gasteiger partial charge in [0.15, 0.2) is 0 Å². The molecule has 0 unspecified atom stereocenters. The molecule has 0 aromatic carbocycles. The van der Waals surface area contributed by atoms with Gasteiger partial charge < -0.3 is 0 Å². The molecule has 50 valence electrons. The molecule has 0 fully saturated rings. The van der Waals surface area contributed by atoms with Crippen molar-refractivity contribution in [3.05, 3.63) is 12.2 Å². The van der Waals surface area contributed by atoms with Crippen LogP contribution in [0.4, 0.5) is 0 Å². The lowest BCUT2D eigenvalue weighted by atomic mass is 10.3. The van der Waals surface area contributed by atoms with E-state index < -0.39 is 0 Å². The minimum Gasteiger partial charge on any atom is -0.294 e. The molecular formula is C7H12N2. The predicted octanol–water partition coefficient (Wildman–Crippen LogP) is 1.33. The van der Waals surface area contributed by atoms with E-state index >= 15 is 0 Å². The third-order valence-corrected chi connectivity index (χ3v) is 0.857. The highest BCUT2D eigenvalue weighted by atomic mass is 14.7. The number of hydrogen-bond acceptors (Lipinski definition) is 2. The average molecular weight is 124 g/mol. The lowest BCUT2D eigenvalue weighted by molar-refractivity contribution is 1.44. The minimum absolute atomic E-state index is 0.903. The monoisotopic (exact) mass is 124 g/mol. The standard InChI is InChI=1S/C7H12N2/c1-4-5-7(9-3)6-8-2/h4-6H,1-3H3/b5-4+,8-6?,9-7?. The molecule has 0 aliphatic carbocycles. The summed E-state index contributed by atoms with van der Waals surface area (Å²) in [5.74, 6) is 0. The predicted molar refractivity (Wildman–Crippen MR) is 42.6 cm³/mol. The minimum atomic E-state index is 0.903. The SMILES string of the molecule is C/C=C/C(C=NC)=NC. The molecule has 0 aromatic heterocycles. The van der Waals surface area contributed by atoms with Gasteiger partial charge in [-0.15, -0.1) is 0 Å². The first-order chi connectivity index (χ1) is 4.35. The van der Waals surface area contributed by atoms with Gasteiger partial charge in [0, 0.05) is 20.3 Å². The van der Waals surface area contributed by atoms with Crippen molar-refractivity contribution in [3.63, 3.8) is 0 Å². The van der Waals surface area contributed by atoms with Crippen molar-refractivity contribution in [1.29, 1.82) is 0 Å². The van der Waals surface area contributed by atoms with Gasteiger partial charge in [-0.1, -0.05) is 6.08 Å². The van der Waals surface area contributed by atoms with Crippen LogP contribution in [-0.4, -0.2) is 26.0 Å². The molecule has 0 aliphatic rings. The molecular weight excluding hydrogens is 112 g/mol. The van der Waals surface area contributed by atoms with Crippen molar-refractivity contribution in [3.8, 4) is 0 Å². The number of hydrogen-bond donors (Lipinski definition) is 0. The second kappa shape index (κ2) is 5.22. The van der Waals surface area contributed by atoms with Crippen LogP contribution in [0.15, 0.2) is 22.1 Å². The van der Waals surface area contributed by atoms with Crippen LogP contribution in [0.5, 0.6) is 0 Å². The van der Waals surface area contributed by atoms with Gasteiger partial charge in [0.1, 0.15) is 0 Å². The summed E-state index contributed by atoms with van der Waals surface area (Å²) in [6.45, 7) is 1.95. The van der Waals surface area contributed by atoms with Crippen LogP contribution in [0.2, 0.25) is 0 Å². The number of nitrogens with zero attached hydrogens (tertiary/aromatic N) is 2. The summed E-state index contributed by atoms with van der Waals surface area (Å²) in [6.07, 6.45) is 5.57. The van der Waals surface area contributed by atoms with Crippen LogP contribution in [0.1, 0.15) is 6.92 Å². The van der Waals surface area contributed by atoms with Crippen LogP contribution in [0.3, 0.4) is 0 Å². The molecule has 0 radical (unpaired) electrons. The van der Waals surface area contributed by atoms with Crippen molar-refractivity contribution in [2.45, 2.75) is 6.92 Å². The van der Waals surface area contributed by atoms with Crippen molar-refractivity contribution in [1.82, 2.24) is 0 Å². The Balaban J connectivity index is 4.01. The maximum Gasteiger partial charge on any atom is 0.0745 e. The zero-order valence-electron chi connectivity index (χ0n) is 6.13. The smallest absolute Gasteiger partial charge is 0.0745 e. The first-order valence-electron chi connectivity index (χ1n) is 2.86. The topological polar surface area (TPSA) is 24.7 Å². The second-order valence-corrected chi connectivity index (χ2v) is 1.54. The van der Waals surface area contributed by atoms with Gasteiger partial charge in [-0.2, -0.15) is 0 Å². The van der Waals surface area contributed by atoms with Gasteiger partial charge >= 0.3 is 0 Å². The van der Waals surface area contributed by atoms with Gasteiger partial charge in [0.05, 0.1) is 5.71 Å². The fourth-order valence-corrected chi connectivity index (χ4v) is 0.478. The Kier molecular flexibility index (Phi) is 4.69. The molecule has 0 bridgehead atoms. The summed E-state index contributed by atoms with van der Waals surface area (Å²) in [4.78, 5) is 7.77. The molecule has 0 atom stereocenters. The quantitative estimate of drug-likeness (QED) is 0.496. The molecule has 0 saturated heterocycles. The lowest BCUT2D eigenvalue weighted by Crippen LogP contribution is -1.93. The Morgan fingerprint density at radius 2 is 2.00 bits per heavy atom. The van der Waals surface area contributed by atoms with Crippen molar-refractivity contribution < 1.29 is 0 Å². The molecule has 0 saturated carbocycles. The number of allylic oxidation sites excluding steroid dienone is 2. The van der Waals surface area contributed by atoms with Gasteiger partial charge in [0.2, 0.25) is 0 Å². The van der Waals surface area contributed by atoms with E-state index in [9.17, 15) is 0 Å². The number of rotatable bonds is 2. The van der Waals surface area contributed by atoms with E-state index in [0.717, 1.165) is 5.71 Å². The van der Waals surface area contributed by atoms with E-state index in [1.165, 1.54) is 0 Å². The molecule has 0 spiro atoms. The summed E-state index contributed by atoms with van der Waals surface area (Å²) >= 11 is 0. The fraction of sp³-hybridized carbons (Fsp3) is 0.429. The van der Waals surface area contributed by atoms with E-state index in [-0.39, 0.29) is 0 Å². The van der Waals surface area contributed by atoms with Crippen LogP contribution in [-0.2, 0) is 0 Å². The molecule has 2 nitrogen and oxygen atoms in total. The van der Waals surface area contributed by atoms with Crippen LogP contribution in [0, 0.1) is 0 Å². The lowest BCUT2D eigenvalue weighted by Gasteiger charge is -1.84. The Morgan fingerprint density at radius 1 is 1.33 bits per heavy atom. The summed E-state index contributed by atoms with van der Waals surface area (Å²) in [7, 11) is 3.48. The van der Waals surface area contributed by atoms with Crippen LogP contribution >= 0.6 is 0 Å². The van der Waals surface area contributed by atoms with Gasteiger partial charge in [-0.25, -0.2) is 0 Å². The molecule has 0 heterocycles. The second-order valence-electron chi connectivity index (χ2n) is 1.54. The molecule has 0 amide bonds. The Morgan fingerprint density at radius 3 is 2.33 bits per heavy atom. The first kappa shape index (κ1) is 8.08. The maximum absolute atomic E-state index is 3.95. The average Bonchev–Trinajstić information content (AvgIpc) is 1.88. The zero-order chi connectivity index (χ0) is 7.11. The Bertz CT molecular complexity index is 129. The molecule has 0 aromatic rings. The van der Waals surface area contributed by atoms with Crippen LogP contribution < -0.4 is 0 Å². The Labute approximate surface area is 56.0 Å². The highest BCUT2D eigenvalue weighted by Gasteiger charge is 1.80. The highest BCUT2D eigenvalue weighted by molar-refractivity contribution is 6.35. The van der Waals surface area contributed by atoms with E-state index in [1.54, 1.807) is 20.3 Å². The van der Waals surface area contributed by atoms with E-state index in [2.05, 4.69) is 9.98 Å². The van der Waals surface area contributed by atoms with Crippen molar-refractivity contribution >= 4 is 11.9 Å². The molecule has 0 aliphatic heterocycles. The third-order valence-electron chi connectivity index (χ3n) is 0.857. The molecule has 0 N–H and O–H groups in total. The summed E-state index contributed by atoms with van der Waals surface area (Å²) in [5.41, 5.74) is 0.903. The van der Waals surface area contributed by atoms with Gasteiger partial charge in [0.25, 0.3) is 0 Å². The van der Waals surface area contributed by atoms with Crippen molar-refractivity contribution in [2.24, 2.45) is 9.98 Å². The summed E-state index contributed by atoms with van der Waals surface area (Å²) in [5, 5.41) is 0. The fourth-order valence-electron chi connectivity index (χ4n) is 0.478. The van der Waals surface area contributed by atoms with Crippen molar-refractivity contribution in [2.75, 3.05) is 14.1 Å². The molecule has 2 heteroatoms. The summed E-state index contributed by atoms with van der Waals surface area (Å²) in [6, 6.07) is 0. The van der Waals surface area contributed by atoms with E-state index in [4.69, 9.17) is 0 Å². The van der Waals surface area contributed by atoms with Gasteiger partial charge in [-0.05, 0) is 13.0 Å². The third kappa shape index (κ3) is 3.64. The van der Waals surface area contributed by atoms with Gasteiger partial charge in [-0.3, -0.25) is 9.98 Å². The largest absolute Gasteiger partial charge is 0.294 e. The maximum atomic E-state index is 3.95. The number of aliphatic imine (C=N–C) groups is 2.